The van der Waals surface area contributed by atoms with Gasteiger partial charge in [0.25, 0.3) is 0 Å². The standard InChI is InChI=1S/C12H20O4/c1-10(2)6-12(15,7-10)11(9(13)14)4-3-5-16-8-11/h15H,3-8H2,1-2H3,(H,13,14). The van der Waals surface area contributed by atoms with E-state index in [0.717, 1.165) is 6.42 Å². The summed E-state index contributed by atoms with van der Waals surface area (Å²) in [6.07, 6.45) is 2.34. The highest BCUT2D eigenvalue weighted by Crippen LogP contribution is 2.58. The molecule has 4 heteroatoms. The van der Waals surface area contributed by atoms with Gasteiger partial charge >= 0.3 is 5.97 Å². The number of carbonyl (C=O) groups is 1. The van der Waals surface area contributed by atoms with E-state index in [1.807, 2.05) is 0 Å². The van der Waals surface area contributed by atoms with E-state index in [0.29, 0.717) is 25.9 Å². The monoisotopic (exact) mass is 228 g/mol. The molecule has 0 amide bonds. The van der Waals surface area contributed by atoms with Crippen LogP contribution in [0.25, 0.3) is 0 Å². The lowest BCUT2D eigenvalue weighted by atomic mass is 9.50. The molecule has 0 spiro atoms. The van der Waals surface area contributed by atoms with Gasteiger partial charge in [-0.1, -0.05) is 13.8 Å². The molecule has 1 saturated carbocycles. The van der Waals surface area contributed by atoms with Crippen LogP contribution in [0.4, 0.5) is 0 Å². The fraction of sp³-hybridized carbons (Fsp3) is 0.917. The van der Waals surface area contributed by atoms with Crippen molar-refractivity contribution in [2.45, 2.75) is 45.1 Å². The van der Waals surface area contributed by atoms with Gasteiger partial charge in [-0.25, -0.2) is 0 Å². The average molecular weight is 228 g/mol. The molecule has 0 aromatic heterocycles. The van der Waals surface area contributed by atoms with Crippen LogP contribution in [-0.4, -0.2) is 35.0 Å². The second-order valence-electron chi connectivity index (χ2n) is 6.09. The normalized spacial score (nSPS) is 36.4. The molecule has 1 atom stereocenters. The maximum Gasteiger partial charge on any atom is 0.314 e. The fourth-order valence-corrected chi connectivity index (χ4v) is 3.40. The summed E-state index contributed by atoms with van der Waals surface area (Å²) in [5.41, 5.74) is -2.11. The van der Waals surface area contributed by atoms with Crippen molar-refractivity contribution in [2.24, 2.45) is 10.8 Å². The minimum absolute atomic E-state index is 0.0502. The molecular weight excluding hydrogens is 208 g/mol. The quantitative estimate of drug-likeness (QED) is 0.750. The van der Waals surface area contributed by atoms with Crippen LogP contribution in [0.3, 0.4) is 0 Å². The number of aliphatic hydroxyl groups is 1. The Hall–Kier alpha value is -0.610. The molecule has 4 nitrogen and oxygen atoms in total. The van der Waals surface area contributed by atoms with E-state index in [1.54, 1.807) is 0 Å². The zero-order valence-electron chi connectivity index (χ0n) is 9.95. The molecule has 0 bridgehead atoms. The maximum absolute atomic E-state index is 11.5. The molecule has 92 valence electrons. The van der Waals surface area contributed by atoms with Crippen LogP contribution in [0.1, 0.15) is 39.5 Å². The first-order chi connectivity index (χ1) is 7.31. The number of aliphatic carboxylic acids is 1. The Kier molecular flexibility index (Phi) is 2.55. The molecule has 1 heterocycles. The largest absolute Gasteiger partial charge is 0.481 e. The van der Waals surface area contributed by atoms with Crippen LogP contribution in [0.15, 0.2) is 0 Å². The van der Waals surface area contributed by atoms with E-state index in [4.69, 9.17) is 4.74 Å². The zero-order valence-corrected chi connectivity index (χ0v) is 9.95. The highest BCUT2D eigenvalue weighted by Gasteiger charge is 2.64. The molecule has 1 aliphatic carbocycles. The fourth-order valence-electron chi connectivity index (χ4n) is 3.40. The third-order valence-corrected chi connectivity index (χ3v) is 4.08. The van der Waals surface area contributed by atoms with E-state index in [-0.39, 0.29) is 12.0 Å². The van der Waals surface area contributed by atoms with Crippen LogP contribution in [0.5, 0.6) is 0 Å². The summed E-state index contributed by atoms with van der Waals surface area (Å²) in [5, 5.41) is 20.0. The average Bonchev–Trinajstić information content (AvgIpc) is 2.15. The van der Waals surface area contributed by atoms with Crippen molar-refractivity contribution in [3.8, 4) is 0 Å². The second kappa shape index (κ2) is 3.44. The Labute approximate surface area is 95.6 Å². The smallest absolute Gasteiger partial charge is 0.314 e. The lowest BCUT2D eigenvalue weighted by Gasteiger charge is -2.58. The molecule has 2 N–H and O–H groups in total. The molecule has 2 rings (SSSR count). The van der Waals surface area contributed by atoms with Crippen molar-refractivity contribution < 1.29 is 19.7 Å². The van der Waals surface area contributed by atoms with E-state index in [2.05, 4.69) is 13.8 Å². The van der Waals surface area contributed by atoms with Gasteiger partial charge in [-0.2, -0.15) is 0 Å². The predicted molar refractivity (Wildman–Crippen MR) is 58.1 cm³/mol. The molecule has 0 aromatic rings. The van der Waals surface area contributed by atoms with E-state index in [1.165, 1.54) is 0 Å². The molecule has 0 aromatic carbocycles. The Morgan fingerprint density at radius 3 is 2.31 bits per heavy atom. The van der Waals surface area contributed by atoms with Crippen molar-refractivity contribution in [3.63, 3.8) is 0 Å². The van der Waals surface area contributed by atoms with Crippen LogP contribution in [-0.2, 0) is 9.53 Å². The van der Waals surface area contributed by atoms with Crippen molar-refractivity contribution in [1.29, 1.82) is 0 Å². The number of carboxylic acids is 1. The van der Waals surface area contributed by atoms with E-state index >= 15 is 0 Å². The van der Waals surface area contributed by atoms with Gasteiger partial charge in [0.2, 0.25) is 0 Å². The Bertz CT molecular complexity index is 294. The third kappa shape index (κ3) is 1.55. The Balaban J connectivity index is 2.23. The van der Waals surface area contributed by atoms with Gasteiger partial charge in [-0.05, 0) is 31.1 Å². The molecule has 0 radical (unpaired) electrons. The summed E-state index contributed by atoms with van der Waals surface area (Å²) < 4.78 is 5.30. The first-order valence-corrected chi connectivity index (χ1v) is 5.85. The first kappa shape index (κ1) is 11.9. The summed E-state index contributed by atoms with van der Waals surface area (Å²) in [6.45, 7) is 4.87. The van der Waals surface area contributed by atoms with Crippen molar-refractivity contribution >= 4 is 5.97 Å². The van der Waals surface area contributed by atoms with Gasteiger partial charge in [0, 0.05) is 6.61 Å². The van der Waals surface area contributed by atoms with Crippen LogP contribution in [0, 0.1) is 10.8 Å². The lowest BCUT2D eigenvalue weighted by Crippen LogP contribution is -2.65. The van der Waals surface area contributed by atoms with Crippen molar-refractivity contribution in [1.82, 2.24) is 0 Å². The zero-order chi connectivity index (χ0) is 12.0. The highest BCUT2D eigenvalue weighted by atomic mass is 16.5. The maximum atomic E-state index is 11.5. The summed E-state index contributed by atoms with van der Waals surface area (Å²) in [6, 6.07) is 0. The SMILES string of the molecule is CC1(C)CC(O)(C2(C(=O)O)CCCOC2)C1. The molecule has 2 aliphatic rings. The number of rotatable bonds is 2. The van der Waals surface area contributed by atoms with Crippen molar-refractivity contribution in [3.05, 3.63) is 0 Å². The van der Waals surface area contributed by atoms with Gasteiger partial charge in [-0.3, -0.25) is 4.79 Å². The van der Waals surface area contributed by atoms with Crippen LogP contribution in [0.2, 0.25) is 0 Å². The topological polar surface area (TPSA) is 66.8 Å². The minimum Gasteiger partial charge on any atom is -0.481 e. The molecule has 1 saturated heterocycles. The van der Waals surface area contributed by atoms with Crippen LogP contribution < -0.4 is 0 Å². The van der Waals surface area contributed by atoms with E-state index in [9.17, 15) is 15.0 Å². The van der Waals surface area contributed by atoms with Gasteiger partial charge in [0.1, 0.15) is 5.41 Å². The minimum atomic E-state index is -1.08. The summed E-state index contributed by atoms with van der Waals surface area (Å²) in [7, 11) is 0. The lowest BCUT2D eigenvalue weighted by molar-refractivity contribution is -0.233. The van der Waals surface area contributed by atoms with Crippen LogP contribution >= 0.6 is 0 Å². The third-order valence-electron chi connectivity index (χ3n) is 4.08. The molecular formula is C12H20O4. The Morgan fingerprint density at radius 2 is 1.94 bits per heavy atom. The number of ether oxygens (including phenoxy) is 1. The van der Waals surface area contributed by atoms with Gasteiger partial charge in [0.05, 0.1) is 12.2 Å². The molecule has 1 unspecified atom stereocenters. The van der Waals surface area contributed by atoms with Gasteiger partial charge < -0.3 is 14.9 Å². The van der Waals surface area contributed by atoms with E-state index < -0.39 is 17.0 Å². The molecule has 2 fully saturated rings. The van der Waals surface area contributed by atoms with Gasteiger partial charge in [-0.15, -0.1) is 0 Å². The second-order valence-corrected chi connectivity index (χ2v) is 6.09. The number of carboxylic acid groups (broad SMARTS) is 1. The highest BCUT2D eigenvalue weighted by molar-refractivity contribution is 5.77. The van der Waals surface area contributed by atoms with Crippen molar-refractivity contribution in [2.75, 3.05) is 13.2 Å². The summed E-state index contributed by atoms with van der Waals surface area (Å²) in [5.74, 6) is -0.912. The predicted octanol–water partition coefficient (Wildman–Crippen LogP) is 1.42. The number of hydrogen-bond donors (Lipinski definition) is 2. The van der Waals surface area contributed by atoms with Gasteiger partial charge in [0.15, 0.2) is 0 Å². The first-order valence-electron chi connectivity index (χ1n) is 5.85. The molecule has 1 aliphatic heterocycles. The summed E-state index contributed by atoms with van der Waals surface area (Å²) >= 11 is 0. The molecule has 16 heavy (non-hydrogen) atoms. The number of hydrogen-bond acceptors (Lipinski definition) is 3. The summed E-state index contributed by atoms with van der Waals surface area (Å²) in [4.78, 5) is 11.5. The Morgan fingerprint density at radius 1 is 1.31 bits per heavy atom.